The van der Waals surface area contributed by atoms with Gasteiger partial charge in [0.1, 0.15) is 0 Å². The maximum absolute atomic E-state index is 11.5. The fourth-order valence-electron chi connectivity index (χ4n) is 1.21. The first kappa shape index (κ1) is 12.1. The highest BCUT2D eigenvalue weighted by Gasteiger charge is 2.14. The lowest BCUT2D eigenvalue weighted by Gasteiger charge is -2.10. The smallest absolute Gasteiger partial charge is 0.357 e. The van der Waals surface area contributed by atoms with Crippen LogP contribution in [0.25, 0.3) is 5.70 Å². The summed E-state index contributed by atoms with van der Waals surface area (Å²) in [5, 5.41) is 0. The predicted octanol–water partition coefficient (Wildman–Crippen LogP) is 0.340. The molecule has 0 spiro atoms. The van der Waals surface area contributed by atoms with Crippen LogP contribution in [-0.2, 0) is 9.53 Å². The number of nitrogens with two attached hydrogens (primary N) is 2. The minimum atomic E-state index is -0.564. The van der Waals surface area contributed by atoms with Gasteiger partial charge in [-0.1, -0.05) is 30.3 Å². The number of nitrogens with one attached hydrogen (secondary N) is 1. The monoisotopic (exact) mass is 221 g/mol. The van der Waals surface area contributed by atoms with E-state index in [1.54, 1.807) is 19.1 Å². The molecule has 0 unspecified atom stereocenters. The minimum absolute atomic E-state index is 0.0630. The zero-order chi connectivity index (χ0) is 12.0. The van der Waals surface area contributed by atoms with Gasteiger partial charge in [0.25, 0.3) is 0 Å². The second-order valence-corrected chi connectivity index (χ2v) is 3.02. The number of carbonyl (C=O) groups excluding carboxylic acids is 1. The molecule has 0 atom stereocenters. The Bertz CT molecular complexity index is 387. The fourth-order valence-corrected chi connectivity index (χ4v) is 1.21. The molecule has 0 radical (unpaired) electrons. The van der Waals surface area contributed by atoms with E-state index in [1.807, 2.05) is 18.2 Å². The van der Waals surface area contributed by atoms with E-state index in [1.165, 1.54) is 0 Å². The third kappa shape index (κ3) is 2.74. The van der Waals surface area contributed by atoms with Crippen molar-refractivity contribution in [2.24, 2.45) is 11.6 Å². The summed E-state index contributed by atoms with van der Waals surface area (Å²) in [6.45, 7) is 1.98. The molecule has 5 N–H and O–H groups in total. The number of hydrogen-bond donors (Lipinski definition) is 3. The summed E-state index contributed by atoms with van der Waals surface area (Å²) in [5.74, 6) is 4.69. The van der Waals surface area contributed by atoms with Crippen molar-refractivity contribution in [1.82, 2.24) is 5.43 Å². The van der Waals surface area contributed by atoms with Gasteiger partial charge in [-0.2, -0.15) is 0 Å². The molecule has 5 heteroatoms. The minimum Gasteiger partial charge on any atom is -0.461 e. The molecule has 0 aliphatic heterocycles. The summed E-state index contributed by atoms with van der Waals surface area (Å²) in [4.78, 5) is 11.5. The Morgan fingerprint density at radius 1 is 1.38 bits per heavy atom. The van der Waals surface area contributed by atoms with Gasteiger partial charge < -0.3 is 15.9 Å². The Morgan fingerprint density at radius 2 is 2.00 bits per heavy atom. The number of hydrazine groups is 1. The molecule has 0 saturated heterocycles. The molecule has 0 amide bonds. The molecule has 5 nitrogen and oxygen atoms in total. The van der Waals surface area contributed by atoms with Gasteiger partial charge in [-0.15, -0.1) is 0 Å². The highest BCUT2D eigenvalue weighted by atomic mass is 16.5. The Balaban J connectivity index is 3.04. The van der Waals surface area contributed by atoms with Crippen molar-refractivity contribution < 1.29 is 9.53 Å². The highest BCUT2D eigenvalue weighted by Crippen LogP contribution is 2.11. The van der Waals surface area contributed by atoms with E-state index < -0.39 is 5.97 Å². The number of carbonyl (C=O) groups is 1. The standard InChI is InChI=1S/C11H15N3O2/c1-2-16-11(15)10(14-13)9(12)8-6-4-3-5-7-8/h3-7,14H,2,12-13H2,1H3/b10-9-. The summed E-state index contributed by atoms with van der Waals surface area (Å²) >= 11 is 0. The Labute approximate surface area is 94.0 Å². The normalized spacial score (nSPS) is 11.6. The maximum atomic E-state index is 11.5. The molecule has 0 aliphatic carbocycles. The van der Waals surface area contributed by atoms with Crippen molar-refractivity contribution in [1.29, 1.82) is 0 Å². The van der Waals surface area contributed by atoms with Crippen molar-refractivity contribution >= 4 is 11.7 Å². The van der Waals surface area contributed by atoms with Gasteiger partial charge in [-0.05, 0) is 12.5 Å². The molecule has 0 heterocycles. The second kappa shape index (κ2) is 5.77. The quantitative estimate of drug-likeness (QED) is 0.295. The van der Waals surface area contributed by atoms with Crippen LogP contribution in [0.4, 0.5) is 0 Å². The molecule has 0 fully saturated rings. The van der Waals surface area contributed by atoms with E-state index in [0.29, 0.717) is 5.56 Å². The molecule has 1 aromatic rings. The van der Waals surface area contributed by atoms with E-state index >= 15 is 0 Å². The first-order valence-electron chi connectivity index (χ1n) is 4.89. The van der Waals surface area contributed by atoms with E-state index in [2.05, 4.69) is 5.43 Å². The van der Waals surface area contributed by atoms with E-state index in [9.17, 15) is 4.79 Å². The van der Waals surface area contributed by atoms with Crippen LogP contribution in [0, 0.1) is 0 Å². The maximum Gasteiger partial charge on any atom is 0.357 e. The summed E-state index contributed by atoms with van der Waals surface area (Å²) in [6, 6.07) is 9.07. The van der Waals surface area contributed by atoms with Crippen molar-refractivity contribution in [2.45, 2.75) is 6.92 Å². The van der Waals surface area contributed by atoms with E-state index in [-0.39, 0.29) is 18.0 Å². The third-order valence-electron chi connectivity index (χ3n) is 1.98. The van der Waals surface area contributed by atoms with Crippen LogP contribution in [0.5, 0.6) is 0 Å². The number of rotatable bonds is 4. The average Bonchev–Trinajstić information content (AvgIpc) is 2.31. The van der Waals surface area contributed by atoms with Crippen molar-refractivity contribution in [3.05, 3.63) is 41.6 Å². The van der Waals surface area contributed by atoms with Crippen molar-refractivity contribution in [2.75, 3.05) is 6.61 Å². The van der Waals surface area contributed by atoms with Crippen molar-refractivity contribution in [3.8, 4) is 0 Å². The molecule has 0 bridgehead atoms. The summed E-state index contributed by atoms with van der Waals surface area (Å²) in [6.07, 6.45) is 0. The van der Waals surface area contributed by atoms with Crippen LogP contribution in [0.2, 0.25) is 0 Å². The van der Waals surface area contributed by atoms with Gasteiger partial charge in [-0.25, -0.2) is 4.79 Å². The van der Waals surface area contributed by atoms with Crippen LogP contribution >= 0.6 is 0 Å². The van der Waals surface area contributed by atoms with Crippen LogP contribution < -0.4 is 17.0 Å². The zero-order valence-electron chi connectivity index (χ0n) is 9.07. The number of hydrogen-bond acceptors (Lipinski definition) is 5. The molecule has 16 heavy (non-hydrogen) atoms. The largest absolute Gasteiger partial charge is 0.461 e. The number of esters is 1. The van der Waals surface area contributed by atoms with Crippen LogP contribution in [0.1, 0.15) is 12.5 Å². The van der Waals surface area contributed by atoms with Gasteiger partial charge in [-0.3, -0.25) is 5.84 Å². The molecule has 0 saturated carbocycles. The van der Waals surface area contributed by atoms with Gasteiger partial charge in [0.15, 0.2) is 5.70 Å². The number of benzene rings is 1. The van der Waals surface area contributed by atoms with Gasteiger partial charge in [0, 0.05) is 0 Å². The van der Waals surface area contributed by atoms with Crippen LogP contribution in [-0.4, -0.2) is 12.6 Å². The molecule has 86 valence electrons. The SMILES string of the molecule is CCOC(=O)/C(NN)=C(/N)c1ccccc1. The summed E-state index contributed by atoms with van der Waals surface area (Å²) < 4.78 is 4.82. The average molecular weight is 221 g/mol. The molecule has 1 rings (SSSR count). The lowest BCUT2D eigenvalue weighted by Crippen LogP contribution is -2.31. The predicted molar refractivity (Wildman–Crippen MR) is 61.5 cm³/mol. The third-order valence-corrected chi connectivity index (χ3v) is 1.98. The van der Waals surface area contributed by atoms with Crippen LogP contribution in [0.3, 0.4) is 0 Å². The number of ether oxygens (including phenoxy) is 1. The zero-order valence-corrected chi connectivity index (χ0v) is 9.07. The molecular formula is C11H15N3O2. The van der Waals surface area contributed by atoms with Gasteiger partial charge in [0.05, 0.1) is 12.3 Å². The lowest BCUT2D eigenvalue weighted by molar-refractivity contribution is -0.138. The second-order valence-electron chi connectivity index (χ2n) is 3.02. The Kier molecular flexibility index (Phi) is 4.35. The first-order chi connectivity index (χ1) is 7.70. The van der Waals surface area contributed by atoms with Crippen molar-refractivity contribution in [3.63, 3.8) is 0 Å². The summed E-state index contributed by atoms with van der Waals surface area (Å²) in [7, 11) is 0. The van der Waals surface area contributed by atoms with E-state index in [0.717, 1.165) is 0 Å². The van der Waals surface area contributed by atoms with Crippen LogP contribution in [0.15, 0.2) is 36.0 Å². The Morgan fingerprint density at radius 3 is 2.50 bits per heavy atom. The molecule has 0 aromatic heterocycles. The Hall–Kier alpha value is -2.01. The first-order valence-corrected chi connectivity index (χ1v) is 4.89. The van der Waals surface area contributed by atoms with Gasteiger partial charge >= 0.3 is 5.97 Å². The van der Waals surface area contributed by atoms with Gasteiger partial charge in [0.2, 0.25) is 0 Å². The molecular weight excluding hydrogens is 206 g/mol. The fraction of sp³-hybridized carbons (Fsp3) is 0.182. The van der Waals surface area contributed by atoms with E-state index in [4.69, 9.17) is 16.3 Å². The molecule has 1 aromatic carbocycles. The summed E-state index contributed by atoms with van der Waals surface area (Å²) in [5.41, 5.74) is 9.12. The topological polar surface area (TPSA) is 90.4 Å². The molecule has 0 aliphatic rings. The lowest BCUT2D eigenvalue weighted by atomic mass is 10.1. The highest BCUT2D eigenvalue weighted by molar-refractivity contribution is 5.96.